The molecule has 5 nitrogen and oxygen atoms in total. The highest BCUT2D eigenvalue weighted by Gasteiger charge is 2.21. The predicted molar refractivity (Wildman–Crippen MR) is 113 cm³/mol. The highest BCUT2D eigenvalue weighted by Crippen LogP contribution is 2.33. The largest absolute Gasteiger partial charge is 0.298 e. The van der Waals surface area contributed by atoms with Crippen molar-refractivity contribution < 1.29 is 4.79 Å². The van der Waals surface area contributed by atoms with Gasteiger partial charge in [0.1, 0.15) is 10.9 Å². The van der Waals surface area contributed by atoms with Crippen LogP contribution in [0.5, 0.6) is 0 Å². The zero-order valence-electron chi connectivity index (χ0n) is 16.0. The van der Waals surface area contributed by atoms with Crippen LogP contribution in [-0.2, 0) is 0 Å². The van der Waals surface area contributed by atoms with Crippen molar-refractivity contribution in [2.45, 2.75) is 38.6 Å². The Morgan fingerprint density at radius 3 is 2.41 bits per heavy atom. The van der Waals surface area contributed by atoms with E-state index < -0.39 is 0 Å². The van der Waals surface area contributed by atoms with Gasteiger partial charge in [-0.1, -0.05) is 55.5 Å². The summed E-state index contributed by atoms with van der Waals surface area (Å²) in [6, 6.07) is 10.1. The van der Waals surface area contributed by atoms with Gasteiger partial charge in [0.05, 0.1) is 21.8 Å². The number of rotatable bonds is 5. The Morgan fingerprint density at radius 2 is 1.78 bits per heavy atom. The van der Waals surface area contributed by atoms with Crippen LogP contribution >= 0.6 is 23.1 Å². The lowest BCUT2D eigenvalue weighted by Crippen LogP contribution is -2.17. The maximum absolute atomic E-state index is 12.9. The van der Waals surface area contributed by atoms with Gasteiger partial charge in [0, 0.05) is 5.92 Å². The zero-order valence-corrected chi connectivity index (χ0v) is 17.7. The van der Waals surface area contributed by atoms with Crippen LogP contribution in [0.2, 0.25) is 0 Å². The van der Waals surface area contributed by atoms with Gasteiger partial charge in [-0.05, 0) is 25.7 Å². The van der Waals surface area contributed by atoms with E-state index >= 15 is 0 Å². The van der Waals surface area contributed by atoms with Gasteiger partial charge in [-0.3, -0.25) is 10.1 Å². The molecule has 2 heterocycles. The lowest BCUT2D eigenvalue weighted by Gasteiger charge is -2.12. The number of aromatic nitrogens is 3. The highest BCUT2D eigenvalue weighted by molar-refractivity contribution is 7.98. The summed E-state index contributed by atoms with van der Waals surface area (Å²) in [6.07, 6.45) is 1.92. The minimum absolute atomic E-state index is 0.210. The van der Waals surface area contributed by atoms with Gasteiger partial charge < -0.3 is 0 Å². The number of nitrogens with one attached hydrogen (secondary N) is 1. The molecule has 7 heteroatoms. The summed E-state index contributed by atoms with van der Waals surface area (Å²) < 4.78 is 0. The fourth-order valence-electron chi connectivity index (χ4n) is 2.70. The number of hydrogen-bond donors (Lipinski definition) is 1. The Labute approximate surface area is 167 Å². The molecule has 0 bridgehead atoms. The second kappa shape index (κ2) is 8.19. The molecule has 0 aliphatic carbocycles. The first-order chi connectivity index (χ1) is 12.9. The molecule has 1 N–H and O–H groups in total. The molecular formula is C20H22N4OS2. The summed E-state index contributed by atoms with van der Waals surface area (Å²) in [5, 5.41) is 4.20. The smallest absolute Gasteiger partial charge is 0.262 e. The number of aryl methyl sites for hydroxylation is 2. The lowest BCUT2D eigenvalue weighted by atomic mass is 10.1. The first-order valence-corrected chi connectivity index (χ1v) is 10.7. The van der Waals surface area contributed by atoms with Crippen molar-refractivity contribution in [3.05, 3.63) is 53.1 Å². The van der Waals surface area contributed by atoms with Crippen LogP contribution in [0.4, 0.5) is 5.13 Å². The topological polar surface area (TPSA) is 67.8 Å². The molecule has 1 amide bonds. The molecule has 0 unspecified atom stereocenters. The quantitative estimate of drug-likeness (QED) is 0.466. The number of carbonyl (C=O) groups is 1. The van der Waals surface area contributed by atoms with E-state index in [4.69, 9.17) is 0 Å². The minimum atomic E-state index is -0.222. The predicted octanol–water partition coefficient (Wildman–Crippen LogP) is 5.31. The van der Waals surface area contributed by atoms with Crippen molar-refractivity contribution in [3.8, 4) is 10.4 Å². The van der Waals surface area contributed by atoms with Gasteiger partial charge in [-0.2, -0.15) is 0 Å². The summed E-state index contributed by atoms with van der Waals surface area (Å²) in [5.74, 6) is 0.743. The van der Waals surface area contributed by atoms with Crippen molar-refractivity contribution in [2.75, 3.05) is 11.6 Å². The number of nitrogens with zero attached hydrogens (tertiary/aromatic N) is 3. The molecular weight excluding hydrogens is 376 g/mol. The summed E-state index contributed by atoms with van der Waals surface area (Å²) in [7, 11) is 0. The first kappa shape index (κ1) is 19.5. The molecule has 1 aromatic carbocycles. The molecule has 0 fully saturated rings. The maximum Gasteiger partial charge on any atom is 0.262 e. The molecule has 0 aliphatic rings. The number of thiazole rings is 1. The minimum Gasteiger partial charge on any atom is -0.298 e. The average Bonchev–Trinajstić information content (AvgIpc) is 3.01. The van der Waals surface area contributed by atoms with E-state index in [9.17, 15) is 4.79 Å². The van der Waals surface area contributed by atoms with Gasteiger partial charge in [0.15, 0.2) is 5.13 Å². The van der Waals surface area contributed by atoms with Crippen LogP contribution in [0.1, 0.15) is 47.3 Å². The number of amides is 1. The number of benzene rings is 1. The summed E-state index contributed by atoms with van der Waals surface area (Å²) in [5.41, 5.74) is 3.20. The molecule has 0 aliphatic heterocycles. The Bertz CT molecular complexity index is 968. The Kier molecular flexibility index (Phi) is 5.92. The molecule has 0 radical (unpaired) electrons. The standard InChI is InChI=1S/C20H22N4OS2/c1-11(2)17-21-12(3)15(19(23-17)26-5)18(25)24-20-22-13(4)16(27-20)14-9-7-6-8-10-14/h6-11H,1-5H3,(H,22,24,25). The molecule has 3 aromatic rings. The van der Waals surface area contributed by atoms with Crippen LogP contribution < -0.4 is 5.32 Å². The maximum atomic E-state index is 12.9. The van der Waals surface area contributed by atoms with Crippen LogP contribution in [0.15, 0.2) is 35.4 Å². The second-order valence-corrected chi connectivity index (χ2v) is 8.25. The van der Waals surface area contributed by atoms with E-state index in [0.29, 0.717) is 21.4 Å². The van der Waals surface area contributed by atoms with Crippen molar-refractivity contribution in [1.29, 1.82) is 0 Å². The van der Waals surface area contributed by atoms with E-state index in [-0.39, 0.29) is 11.8 Å². The van der Waals surface area contributed by atoms with Crippen LogP contribution in [0.25, 0.3) is 10.4 Å². The molecule has 3 rings (SSSR count). The summed E-state index contributed by atoms with van der Waals surface area (Å²) in [4.78, 5) is 27.6. The van der Waals surface area contributed by atoms with E-state index in [1.807, 2.05) is 64.3 Å². The van der Waals surface area contributed by atoms with E-state index in [1.54, 1.807) is 0 Å². The van der Waals surface area contributed by atoms with Crippen molar-refractivity contribution >= 4 is 34.1 Å². The summed E-state index contributed by atoms with van der Waals surface area (Å²) >= 11 is 2.93. The second-order valence-electron chi connectivity index (χ2n) is 6.46. The van der Waals surface area contributed by atoms with Gasteiger partial charge in [-0.15, -0.1) is 11.8 Å². The van der Waals surface area contributed by atoms with Crippen molar-refractivity contribution in [1.82, 2.24) is 15.0 Å². The fourth-order valence-corrected chi connectivity index (χ4v) is 4.30. The fraction of sp³-hybridized carbons (Fsp3) is 0.300. The Balaban J connectivity index is 1.90. The molecule has 2 aromatic heterocycles. The molecule has 0 spiro atoms. The van der Waals surface area contributed by atoms with Crippen molar-refractivity contribution in [2.24, 2.45) is 0 Å². The van der Waals surface area contributed by atoms with E-state index in [2.05, 4.69) is 20.3 Å². The molecule has 0 saturated carbocycles. The van der Waals surface area contributed by atoms with Crippen LogP contribution in [0, 0.1) is 13.8 Å². The molecule has 140 valence electrons. The Hall–Kier alpha value is -2.25. The van der Waals surface area contributed by atoms with Crippen LogP contribution in [-0.4, -0.2) is 27.1 Å². The van der Waals surface area contributed by atoms with Crippen molar-refractivity contribution in [3.63, 3.8) is 0 Å². The monoisotopic (exact) mass is 398 g/mol. The normalized spacial score (nSPS) is 11.0. The summed E-state index contributed by atoms with van der Waals surface area (Å²) in [6.45, 7) is 7.89. The number of thioether (sulfide) groups is 1. The molecule has 0 atom stereocenters. The number of carbonyl (C=O) groups excluding carboxylic acids is 1. The van der Waals surface area contributed by atoms with Gasteiger partial charge >= 0.3 is 0 Å². The first-order valence-electron chi connectivity index (χ1n) is 8.67. The van der Waals surface area contributed by atoms with Crippen LogP contribution in [0.3, 0.4) is 0 Å². The molecule has 27 heavy (non-hydrogen) atoms. The molecule has 0 saturated heterocycles. The highest BCUT2D eigenvalue weighted by atomic mass is 32.2. The third-order valence-corrected chi connectivity index (χ3v) is 5.87. The zero-order chi connectivity index (χ0) is 19.6. The van der Waals surface area contributed by atoms with Gasteiger partial charge in [-0.25, -0.2) is 15.0 Å². The SMILES string of the molecule is CSc1nc(C(C)C)nc(C)c1C(=O)Nc1nc(C)c(-c2ccccc2)s1. The number of anilines is 1. The Morgan fingerprint density at radius 1 is 1.07 bits per heavy atom. The van der Waals surface area contributed by atoms with E-state index in [0.717, 1.165) is 22.0 Å². The number of hydrogen-bond acceptors (Lipinski definition) is 6. The van der Waals surface area contributed by atoms with Gasteiger partial charge in [0.25, 0.3) is 5.91 Å². The van der Waals surface area contributed by atoms with Gasteiger partial charge in [0.2, 0.25) is 0 Å². The average molecular weight is 399 g/mol. The third kappa shape index (κ3) is 4.20. The third-order valence-electron chi connectivity index (χ3n) is 4.06. The van der Waals surface area contributed by atoms with E-state index in [1.165, 1.54) is 23.1 Å². The lowest BCUT2D eigenvalue weighted by molar-refractivity contribution is 0.102.